The minimum Gasteiger partial charge on any atom is -0.492 e. The Hall–Kier alpha value is -1.53. The summed E-state index contributed by atoms with van der Waals surface area (Å²) in [6.07, 6.45) is 0. The van der Waals surface area contributed by atoms with Crippen LogP contribution in [0.3, 0.4) is 0 Å². The summed E-state index contributed by atoms with van der Waals surface area (Å²) in [6.45, 7) is 0.761. The fourth-order valence-corrected chi connectivity index (χ4v) is 2.61. The van der Waals surface area contributed by atoms with E-state index in [1.165, 1.54) is 23.9 Å². The van der Waals surface area contributed by atoms with Crippen molar-refractivity contribution in [2.75, 3.05) is 18.9 Å². The molecule has 0 aliphatic carbocycles. The quantitative estimate of drug-likeness (QED) is 0.582. The molecule has 0 fully saturated rings. The molecule has 0 atom stereocenters. The van der Waals surface area contributed by atoms with E-state index >= 15 is 0 Å². The van der Waals surface area contributed by atoms with E-state index in [1.807, 2.05) is 24.3 Å². The summed E-state index contributed by atoms with van der Waals surface area (Å²) < 4.78 is 19.1. The molecule has 0 aliphatic heterocycles. The van der Waals surface area contributed by atoms with Gasteiger partial charge in [0.25, 0.3) is 0 Å². The smallest absolute Gasteiger partial charge is 0.230 e. The van der Waals surface area contributed by atoms with Crippen molar-refractivity contribution < 1.29 is 13.9 Å². The average Bonchev–Trinajstić information content (AvgIpc) is 2.53. The van der Waals surface area contributed by atoms with Crippen molar-refractivity contribution in [2.24, 2.45) is 0 Å². The van der Waals surface area contributed by atoms with Crippen LogP contribution in [0.15, 0.2) is 57.9 Å². The third kappa shape index (κ3) is 6.07. The van der Waals surface area contributed by atoms with Gasteiger partial charge >= 0.3 is 0 Å². The van der Waals surface area contributed by atoms with E-state index in [0.717, 1.165) is 9.37 Å². The molecule has 2 rings (SSSR count). The van der Waals surface area contributed by atoms with Gasteiger partial charge in [0.1, 0.15) is 18.2 Å². The average molecular weight is 384 g/mol. The van der Waals surface area contributed by atoms with Crippen LogP contribution < -0.4 is 10.1 Å². The molecule has 0 spiro atoms. The molecule has 1 amide bonds. The van der Waals surface area contributed by atoms with Crippen LogP contribution in [0.5, 0.6) is 5.75 Å². The van der Waals surface area contributed by atoms with Gasteiger partial charge < -0.3 is 10.1 Å². The van der Waals surface area contributed by atoms with Gasteiger partial charge in [-0.3, -0.25) is 4.79 Å². The Bertz CT molecular complexity index is 605. The maximum Gasteiger partial charge on any atom is 0.230 e. The molecule has 0 saturated carbocycles. The summed E-state index contributed by atoms with van der Waals surface area (Å²) in [5, 5.41) is 2.78. The zero-order chi connectivity index (χ0) is 15.8. The number of ether oxygens (including phenoxy) is 1. The Labute approximate surface area is 141 Å². The van der Waals surface area contributed by atoms with E-state index in [9.17, 15) is 9.18 Å². The third-order valence-corrected chi connectivity index (χ3v) is 4.23. The lowest BCUT2D eigenvalue weighted by molar-refractivity contribution is -0.118. The summed E-state index contributed by atoms with van der Waals surface area (Å²) in [6, 6.07) is 13.6. The fourth-order valence-electron chi connectivity index (χ4n) is 1.62. The summed E-state index contributed by atoms with van der Waals surface area (Å²) in [5.41, 5.74) is 0. The number of halogens is 2. The highest BCUT2D eigenvalue weighted by molar-refractivity contribution is 9.10. The lowest BCUT2D eigenvalue weighted by Crippen LogP contribution is -2.29. The van der Waals surface area contributed by atoms with Crippen LogP contribution in [-0.2, 0) is 4.79 Å². The lowest BCUT2D eigenvalue weighted by atomic mass is 10.3. The first kappa shape index (κ1) is 16.8. The Morgan fingerprint density at radius 3 is 2.50 bits per heavy atom. The normalized spacial score (nSPS) is 10.3. The van der Waals surface area contributed by atoms with Crippen molar-refractivity contribution in [2.45, 2.75) is 4.90 Å². The van der Waals surface area contributed by atoms with E-state index in [4.69, 9.17) is 4.74 Å². The molecule has 22 heavy (non-hydrogen) atoms. The van der Waals surface area contributed by atoms with Gasteiger partial charge in [0.05, 0.1) is 12.3 Å². The molecule has 6 heteroatoms. The van der Waals surface area contributed by atoms with Gasteiger partial charge in [0.2, 0.25) is 5.91 Å². The molecule has 3 nitrogen and oxygen atoms in total. The highest BCUT2D eigenvalue weighted by Gasteiger charge is 2.02. The highest BCUT2D eigenvalue weighted by atomic mass is 79.9. The molecule has 2 aromatic rings. The number of benzene rings is 2. The van der Waals surface area contributed by atoms with Gasteiger partial charge in [-0.2, -0.15) is 0 Å². The van der Waals surface area contributed by atoms with Crippen molar-refractivity contribution in [3.8, 4) is 5.75 Å². The van der Waals surface area contributed by atoms with E-state index in [1.54, 1.807) is 12.1 Å². The summed E-state index contributed by atoms with van der Waals surface area (Å²) >= 11 is 4.85. The van der Waals surface area contributed by atoms with Gasteiger partial charge in [0.15, 0.2) is 0 Å². The number of hydrogen-bond donors (Lipinski definition) is 1. The van der Waals surface area contributed by atoms with Crippen molar-refractivity contribution >= 4 is 33.6 Å². The van der Waals surface area contributed by atoms with Crippen molar-refractivity contribution in [1.29, 1.82) is 0 Å². The first-order valence-corrected chi connectivity index (χ1v) is 8.45. The number of carbonyl (C=O) groups is 1. The van der Waals surface area contributed by atoms with Gasteiger partial charge in [-0.15, -0.1) is 11.8 Å². The van der Waals surface area contributed by atoms with Crippen LogP contribution >= 0.6 is 27.7 Å². The number of nitrogens with one attached hydrogen (secondary N) is 1. The second kappa shape index (κ2) is 8.80. The monoisotopic (exact) mass is 383 g/mol. The predicted molar refractivity (Wildman–Crippen MR) is 89.8 cm³/mol. The van der Waals surface area contributed by atoms with Crippen molar-refractivity contribution in [3.05, 3.63) is 58.8 Å². The van der Waals surface area contributed by atoms with Crippen LogP contribution in [0.2, 0.25) is 0 Å². The molecule has 1 N–H and O–H groups in total. The van der Waals surface area contributed by atoms with Gasteiger partial charge in [-0.25, -0.2) is 4.39 Å². The molecule has 0 saturated heterocycles. The standard InChI is InChI=1S/C16H15BrFNO2S/c17-12-1-7-15(8-2-12)22-11-16(20)19-9-10-21-14-5-3-13(18)4-6-14/h1-8H,9-11H2,(H,19,20). The maximum atomic E-state index is 12.7. The minimum atomic E-state index is -0.300. The number of rotatable bonds is 7. The van der Waals surface area contributed by atoms with Gasteiger partial charge in [-0.05, 0) is 48.5 Å². The second-order valence-electron chi connectivity index (χ2n) is 4.39. The topological polar surface area (TPSA) is 38.3 Å². The maximum absolute atomic E-state index is 12.7. The van der Waals surface area contributed by atoms with Crippen LogP contribution in [0.4, 0.5) is 4.39 Å². The Kier molecular flexibility index (Phi) is 6.74. The zero-order valence-electron chi connectivity index (χ0n) is 11.7. The molecule has 0 heterocycles. The molecule has 0 bridgehead atoms. The molecule has 0 radical (unpaired) electrons. The molecule has 2 aromatic carbocycles. The minimum absolute atomic E-state index is 0.0457. The first-order valence-electron chi connectivity index (χ1n) is 6.67. The largest absolute Gasteiger partial charge is 0.492 e. The lowest BCUT2D eigenvalue weighted by Gasteiger charge is -2.07. The van der Waals surface area contributed by atoms with Crippen LogP contribution in [-0.4, -0.2) is 24.8 Å². The Balaban J connectivity index is 1.61. The van der Waals surface area contributed by atoms with Crippen LogP contribution in [0, 0.1) is 5.82 Å². The second-order valence-corrected chi connectivity index (χ2v) is 6.36. The van der Waals surface area contributed by atoms with E-state index in [0.29, 0.717) is 24.7 Å². The van der Waals surface area contributed by atoms with E-state index < -0.39 is 0 Å². The first-order chi connectivity index (χ1) is 10.6. The number of thioether (sulfide) groups is 1. The third-order valence-electron chi connectivity index (χ3n) is 2.69. The molecular formula is C16H15BrFNO2S. The van der Waals surface area contributed by atoms with E-state index in [-0.39, 0.29) is 11.7 Å². The molecule has 116 valence electrons. The van der Waals surface area contributed by atoms with E-state index in [2.05, 4.69) is 21.2 Å². The number of hydrogen-bond acceptors (Lipinski definition) is 3. The molecule has 0 aliphatic rings. The van der Waals surface area contributed by atoms with Gasteiger partial charge in [-0.1, -0.05) is 15.9 Å². The SMILES string of the molecule is O=C(CSc1ccc(Br)cc1)NCCOc1ccc(F)cc1. The summed E-state index contributed by atoms with van der Waals surface area (Å²) in [7, 11) is 0. The number of carbonyl (C=O) groups excluding carboxylic acids is 1. The Morgan fingerprint density at radius 1 is 1.14 bits per heavy atom. The summed E-state index contributed by atoms with van der Waals surface area (Å²) in [5.74, 6) is 0.596. The molecular weight excluding hydrogens is 369 g/mol. The zero-order valence-corrected chi connectivity index (χ0v) is 14.1. The van der Waals surface area contributed by atoms with Crippen LogP contribution in [0.1, 0.15) is 0 Å². The number of amides is 1. The fraction of sp³-hybridized carbons (Fsp3) is 0.188. The predicted octanol–water partition coefficient (Wildman–Crippen LogP) is 3.88. The summed E-state index contributed by atoms with van der Waals surface area (Å²) in [4.78, 5) is 12.7. The molecule has 0 aromatic heterocycles. The van der Waals surface area contributed by atoms with Crippen LogP contribution in [0.25, 0.3) is 0 Å². The van der Waals surface area contributed by atoms with Crippen molar-refractivity contribution in [1.82, 2.24) is 5.32 Å². The Morgan fingerprint density at radius 2 is 1.82 bits per heavy atom. The molecule has 0 unspecified atom stereocenters. The highest BCUT2D eigenvalue weighted by Crippen LogP contribution is 2.20. The van der Waals surface area contributed by atoms with Gasteiger partial charge in [0, 0.05) is 9.37 Å². The van der Waals surface area contributed by atoms with Crippen molar-refractivity contribution in [3.63, 3.8) is 0 Å².